The molecule has 4 rings (SSSR count). The molecule has 1 heterocycles. The fraction of sp³-hybridized carbons (Fsp3) is 0.185. The molecule has 0 saturated carbocycles. The highest BCUT2D eigenvalue weighted by Crippen LogP contribution is 2.27. The SMILES string of the molecule is CN(Cc1ccccc1)Cc1c(C(=O)NCCOc2ccc(SC(=O)NO)cc2)oc2ccccc12. The average Bonchev–Trinajstić information content (AvgIpc) is 3.26. The lowest BCUT2D eigenvalue weighted by Gasteiger charge is -2.17. The Hall–Kier alpha value is -3.79. The molecule has 0 radical (unpaired) electrons. The molecular weight excluding hydrogens is 478 g/mol. The average molecular weight is 506 g/mol. The van der Waals surface area contributed by atoms with Crippen LogP contribution in [-0.2, 0) is 13.1 Å². The second kappa shape index (κ2) is 12.3. The predicted octanol–water partition coefficient (Wildman–Crippen LogP) is 5.06. The molecule has 0 aliphatic rings. The first-order chi connectivity index (χ1) is 17.5. The van der Waals surface area contributed by atoms with Crippen LogP contribution in [0.25, 0.3) is 11.0 Å². The molecule has 3 N–H and O–H groups in total. The lowest BCUT2D eigenvalue weighted by atomic mass is 10.1. The van der Waals surface area contributed by atoms with Crippen LogP contribution in [0.5, 0.6) is 5.75 Å². The van der Waals surface area contributed by atoms with Gasteiger partial charge in [-0.3, -0.25) is 19.7 Å². The van der Waals surface area contributed by atoms with Crippen LogP contribution >= 0.6 is 11.8 Å². The summed E-state index contributed by atoms with van der Waals surface area (Å²) in [4.78, 5) is 27.0. The number of fused-ring (bicyclic) bond motifs is 1. The zero-order valence-electron chi connectivity index (χ0n) is 19.8. The van der Waals surface area contributed by atoms with Gasteiger partial charge in [0.15, 0.2) is 5.76 Å². The predicted molar refractivity (Wildman–Crippen MR) is 138 cm³/mol. The number of hydrogen-bond acceptors (Lipinski definition) is 7. The number of carbonyl (C=O) groups excluding carboxylic acids is 2. The molecule has 36 heavy (non-hydrogen) atoms. The molecule has 0 bridgehead atoms. The van der Waals surface area contributed by atoms with Crippen LogP contribution in [0.3, 0.4) is 0 Å². The van der Waals surface area contributed by atoms with Crippen molar-refractivity contribution in [2.75, 3.05) is 20.2 Å². The molecule has 2 amide bonds. The van der Waals surface area contributed by atoms with Crippen LogP contribution in [0.15, 0.2) is 88.2 Å². The Labute approximate surface area is 213 Å². The number of thioether (sulfide) groups is 1. The van der Waals surface area contributed by atoms with Gasteiger partial charge in [0.25, 0.3) is 5.91 Å². The fourth-order valence-corrected chi connectivity index (χ4v) is 4.34. The summed E-state index contributed by atoms with van der Waals surface area (Å²) in [6.45, 7) is 1.86. The summed E-state index contributed by atoms with van der Waals surface area (Å²) in [5.74, 6) is 0.615. The molecule has 3 aromatic carbocycles. The van der Waals surface area contributed by atoms with Crippen molar-refractivity contribution in [3.8, 4) is 5.75 Å². The fourth-order valence-electron chi connectivity index (χ4n) is 3.81. The molecule has 0 aliphatic carbocycles. The molecule has 0 saturated heterocycles. The smallest absolute Gasteiger partial charge is 0.307 e. The zero-order chi connectivity index (χ0) is 25.3. The molecule has 9 heteroatoms. The highest BCUT2D eigenvalue weighted by molar-refractivity contribution is 8.13. The van der Waals surface area contributed by atoms with Crippen molar-refractivity contribution in [1.29, 1.82) is 0 Å². The number of furan rings is 1. The maximum Gasteiger partial charge on any atom is 0.307 e. The normalized spacial score (nSPS) is 11.0. The number of ether oxygens (including phenoxy) is 1. The number of benzene rings is 3. The summed E-state index contributed by atoms with van der Waals surface area (Å²) in [5.41, 5.74) is 4.29. The van der Waals surface area contributed by atoms with Crippen LogP contribution in [0.1, 0.15) is 21.7 Å². The van der Waals surface area contributed by atoms with Gasteiger partial charge in [0.05, 0.1) is 6.54 Å². The van der Waals surface area contributed by atoms with Crippen LogP contribution in [0.4, 0.5) is 4.79 Å². The lowest BCUT2D eigenvalue weighted by Crippen LogP contribution is -2.29. The van der Waals surface area contributed by atoms with Crippen LogP contribution in [-0.4, -0.2) is 41.5 Å². The highest BCUT2D eigenvalue weighted by atomic mass is 32.2. The van der Waals surface area contributed by atoms with E-state index < -0.39 is 5.24 Å². The van der Waals surface area contributed by atoms with Crippen LogP contribution in [0.2, 0.25) is 0 Å². The van der Waals surface area contributed by atoms with Crippen molar-refractivity contribution in [2.45, 2.75) is 18.0 Å². The first kappa shape index (κ1) is 25.3. The van der Waals surface area contributed by atoms with E-state index in [0.717, 1.165) is 29.3 Å². The number of nitrogens with zero attached hydrogens (tertiary/aromatic N) is 1. The molecule has 0 unspecified atom stereocenters. The minimum Gasteiger partial charge on any atom is -0.492 e. The molecule has 186 valence electrons. The molecule has 0 spiro atoms. The summed E-state index contributed by atoms with van der Waals surface area (Å²) in [5, 5.41) is 11.8. The van der Waals surface area contributed by atoms with Gasteiger partial charge in [-0.25, -0.2) is 5.48 Å². The standard InChI is InChI=1S/C27H27N3O5S/c1-30(17-19-7-3-2-4-8-19)18-23-22-9-5-6-10-24(22)35-25(23)26(31)28-15-16-34-20-11-13-21(14-12-20)36-27(32)29-33/h2-14,33H,15-18H2,1H3,(H,28,31)(H,29,32). The van der Waals surface area contributed by atoms with Gasteiger partial charge in [-0.1, -0.05) is 48.5 Å². The van der Waals surface area contributed by atoms with Crippen LogP contribution in [0, 0.1) is 0 Å². The van der Waals surface area contributed by atoms with E-state index in [-0.39, 0.29) is 12.5 Å². The van der Waals surface area contributed by atoms with Crippen molar-refractivity contribution in [3.05, 3.63) is 95.7 Å². The summed E-state index contributed by atoms with van der Waals surface area (Å²) in [6, 6.07) is 24.7. The van der Waals surface area contributed by atoms with Gasteiger partial charge < -0.3 is 14.5 Å². The van der Waals surface area contributed by atoms with Gasteiger partial charge in [-0.2, -0.15) is 0 Å². The van der Waals surface area contributed by atoms with E-state index in [1.54, 1.807) is 29.7 Å². The number of rotatable bonds is 10. The Kier molecular flexibility index (Phi) is 8.62. The van der Waals surface area contributed by atoms with Crippen molar-refractivity contribution in [3.63, 3.8) is 0 Å². The molecule has 0 aliphatic heterocycles. The minimum atomic E-state index is -0.567. The van der Waals surface area contributed by atoms with Gasteiger partial charge in [-0.15, -0.1) is 0 Å². The van der Waals surface area contributed by atoms with Crippen molar-refractivity contribution in [1.82, 2.24) is 15.7 Å². The number of carbonyl (C=O) groups is 2. The van der Waals surface area contributed by atoms with Crippen LogP contribution < -0.4 is 15.5 Å². The second-order valence-corrected chi connectivity index (χ2v) is 9.19. The van der Waals surface area contributed by atoms with E-state index in [1.807, 2.05) is 49.5 Å². The quantitative estimate of drug-likeness (QED) is 0.120. The van der Waals surface area contributed by atoms with E-state index in [4.69, 9.17) is 14.4 Å². The van der Waals surface area contributed by atoms with E-state index in [1.165, 1.54) is 5.56 Å². The van der Waals surface area contributed by atoms with Gasteiger partial charge in [0, 0.05) is 28.9 Å². The van der Waals surface area contributed by atoms with Gasteiger partial charge >= 0.3 is 5.24 Å². The molecule has 1 aromatic heterocycles. The number of nitrogens with one attached hydrogen (secondary N) is 2. The van der Waals surface area contributed by atoms with E-state index >= 15 is 0 Å². The first-order valence-corrected chi connectivity index (χ1v) is 12.2. The molecule has 4 aromatic rings. The van der Waals surface area contributed by atoms with Gasteiger partial charge in [0.2, 0.25) is 0 Å². The Balaban J connectivity index is 1.36. The molecule has 0 atom stereocenters. The second-order valence-electron chi connectivity index (χ2n) is 8.14. The number of amides is 2. The molecular formula is C27H27N3O5S. The van der Waals surface area contributed by atoms with Crippen molar-refractivity contribution >= 4 is 33.9 Å². The Morgan fingerprint density at radius 1 is 0.972 bits per heavy atom. The monoisotopic (exact) mass is 505 g/mol. The molecule has 8 nitrogen and oxygen atoms in total. The van der Waals surface area contributed by atoms with Gasteiger partial charge in [-0.05, 0) is 54.7 Å². The number of hydroxylamine groups is 1. The number of hydrogen-bond donors (Lipinski definition) is 3. The largest absolute Gasteiger partial charge is 0.492 e. The summed E-state index contributed by atoms with van der Waals surface area (Å²) in [7, 11) is 2.02. The summed E-state index contributed by atoms with van der Waals surface area (Å²) < 4.78 is 11.6. The molecule has 0 fully saturated rings. The van der Waals surface area contributed by atoms with E-state index in [0.29, 0.717) is 35.1 Å². The summed E-state index contributed by atoms with van der Waals surface area (Å²) in [6.07, 6.45) is 0. The van der Waals surface area contributed by atoms with Gasteiger partial charge in [0.1, 0.15) is 17.9 Å². The zero-order valence-corrected chi connectivity index (χ0v) is 20.6. The van der Waals surface area contributed by atoms with Crippen molar-refractivity contribution < 1.29 is 24.0 Å². The lowest BCUT2D eigenvalue weighted by molar-refractivity contribution is 0.0919. The Morgan fingerprint density at radius 2 is 1.69 bits per heavy atom. The maximum absolute atomic E-state index is 13.0. The number of para-hydroxylation sites is 1. The topological polar surface area (TPSA) is 104 Å². The third-order valence-corrected chi connectivity index (χ3v) is 6.19. The minimum absolute atomic E-state index is 0.263. The Morgan fingerprint density at radius 3 is 2.44 bits per heavy atom. The third-order valence-electron chi connectivity index (χ3n) is 5.41. The highest BCUT2D eigenvalue weighted by Gasteiger charge is 2.21. The Bertz CT molecular complexity index is 1310. The van der Waals surface area contributed by atoms with E-state index in [2.05, 4.69) is 22.3 Å². The van der Waals surface area contributed by atoms with E-state index in [9.17, 15) is 9.59 Å². The summed E-state index contributed by atoms with van der Waals surface area (Å²) >= 11 is 0.863. The maximum atomic E-state index is 13.0. The van der Waals surface area contributed by atoms with Crippen molar-refractivity contribution in [2.24, 2.45) is 0 Å². The first-order valence-electron chi connectivity index (χ1n) is 11.4. The third kappa shape index (κ3) is 6.66.